The van der Waals surface area contributed by atoms with Crippen molar-refractivity contribution < 1.29 is 18.3 Å². The van der Waals surface area contributed by atoms with Gasteiger partial charge >= 0.3 is 5.97 Å². The fourth-order valence-corrected chi connectivity index (χ4v) is 3.48. The highest BCUT2D eigenvalue weighted by Gasteiger charge is 2.09. The second kappa shape index (κ2) is 14.0. The largest absolute Gasteiger partial charge is 0.481 e. The molecule has 0 aromatic carbocycles. The summed E-state index contributed by atoms with van der Waals surface area (Å²) >= 11 is 0. The van der Waals surface area contributed by atoms with Gasteiger partial charge in [-0.3, -0.25) is 4.79 Å². The monoisotopic (exact) mass is 335 g/mol. The van der Waals surface area contributed by atoms with Crippen molar-refractivity contribution in [3.05, 3.63) is 0 Å². The van der Waals surface area contributed by atoms with E-state index in [1.807, 2.05) is 0 Å². The summed E-state index contributed by atoms with van der Waals surface area (Å²) in [7, 11) is -3.30. The molecule has 2 N–H and O–H groups in total. The Kier molecular flexibility index (Phi) is 13.6. The summed E-state index contributed by atoms with van der Waals surface area (Å²) in [5.74, 6) is -0.888. The van der Waals surface area contributed by atoms with Crippen molar-refractivity contribution in [2.75, 3.05) is 12.3 Å². The summed E-state index contributed by atoms with van der Waals surface area (Å²) in [4.78, 5) is 10.3. The Morgan fingerprint density at radius 1 is 0.864 bits per heavy atom. The van der Waals surface area contributed by atoms with E-state index in [2.05, 4.69) is 11.6 Å². The number of aliphatic carboxylic acids is 1. The van der Waals surface area contributed by atoms with E-state index in [0.717, 1.165) is 12.8 Å². The molecule has 0 saturated carbocycles. The van der Waals surface area contributed by atoms with Gasteiger partial charge in [-0.1, -0.05) is 71.1 Å². The van der Waals surface area contributed by atoms with E-state index in [-0.39, 0.29) is 18.7 Å². The Balaban J connectivity index is 3.36. The number of nitrogens with one attached hydrogen (secondary N) is 1. The molecule has 0 aliphatic carbocycles. The number of hydrogen-bond acceptors (Lipinski definition) is 3. The van der Waals surface area contributed by atoms with Crippen molar-refractivity contribution in [2.24, 2.45) is 0 Å². The first-order chi connectivity index (χ1) is 10.5. The molecular weight excluding hydrogens is 302 g/mol. The fourth-order valence-electron chi connectivity index (χ4n) is 2.34. The van der Waals surface area contributed by atoms with Gasteiger partial charge < -0.3 is 5.11 Å². The number of sulfonamides is 1. The number of hydrogen-bond donors (Lipinski definition) is 2. The summed E-state index contributed by atoms with van der Waals surface area (Å²) < 4.78 is 25.5. The third-order valence-electron chi connectivity index (χ3n) is 3.68. The molecule has 0 fully saturated rings. The number of rotatable bonds is 16. The summed E-state index contributed by atoms with van der Waals surface area (Å²) in [6.07, 6.45) is 12.8. The van der Waals surface area contributed by atoms with Gasteiger partial charge in [-0.15, -0.1) is 0 Å². The van der Waals surface area contributed by atoms with E-state index in [9.17, 15) is 13.2 Å². The van der Waals surface area contributed by atoms with Crippen molar-refractivity contribution in [1.29, 1.82) is 0 Å². The lowest BCUT2D eigenvalue weighted by Crippen LogP contribution is -2.28. The van der Waals surface area contributed by atoms with Gasteiger partial charge in [0.2, 0.25) is 10.0 Å². The van der Waals surface area contributed by atoms with Crippen LogP contribution in [-0.4, -0.2) is 31.8 Å². The molecule has 0 saturated heterocycles. The first-order valence-electron chi connectivity index (χ1n) is 8.67. The Labute approximate surface area is 135 Å². The molecule has 0 aromatic rings. The molecule has 0 atom stereocenters. The van der Waals surface area contributed by atoms with Gasteiger partial charge in [0.1, 0.15) is 0 Å². The van der Waals surface area contributed by atoms with Crippen molar-refractivity contribution >= 4 is 16.0 Å². The van der Waals surface area contributed by atoms with E-state index in [1.165, 1.54) is 51.4 Å². The first-order valence-corrected chi connectivity index (χ1v) is 10.3. The highest BCUT2D eigenvalue weighted by Crippen LogP contribution is 2.11. The van der Waals surface area contributed by atoms with Crippen LogP contribution in [0.15, 0.2) is 0 Å². The maximum atomic E-state index is 11.6. The van der Waals surface area contributed by atoms with E-state index < -0.39 is 16.0 Å². The van der Waals surface area contributed by atoms with Crippen LogP contribution >= 0.6 is 0 Å². The molecule has 6 heteroatoms. The van der Waals surface area contributed by atoms with Gasteiger partial charge in [-0.25, -0.2) is 13.1 Å². The number of carboxylic acids is 1. The third-order valence-corrected chi connectivity index (χ3v) is 5.15. The molecular formula is C16H33NO4S. The van der Waals surface area contributed by atoms with Crippen LogP contribution in [0.3, 0.4) is 0 Å². The van der Waals surface area contributed by atoms with Crippen LogP contribution in [-0.2, 0) is 14.8 Å². The summed E-state index contributed by atoms with van der Waals surface area (Å²) in [5.41, 5.74) is 0. The molecule has 0 radical (unpaired) electrons. The summed E-state index contributed by atoms with van der Waals surface area (Å²) in [6.45, 7) is 2.21. The lowest BCUT2D eigenvalue weighted by atomic mass is 10.1. The van der Waals surface area contributed by atoms with Crippen LogP contribution in [0.25, 0.3) is 0 Å². The zero-order valence-corrected chi connectivity index (χ0v) is 14.8. The standard InChI is InChI=1S/C16H33NO4S/c1-2-3-4-5-6-7-8-9-10-11-12-15-22(20,21)17-14-13-16(18)19/h17H,2-15H2,1H3,(H,18,19). The average molecular weight is 336 g/mol. The Hall–Kier alpha value is -0.620. The SMILES string of the molecule is CCCCCCCCCCCCCS(=O)(=O)NCCC(=O)O. The van der Waals surface area contributed by atoms with Crippen molar-refractivity contribution in [3.8, 4) is 0 Å². The molecule has 0 aliphatic heterocycles. The van der Waals surface area contributed by atoms with Crippen LogP contribution in [0, 0.1) is 0 Å². The molecule has 0 unspecified atom stereocenters. The van der Waals surface area contributed by atoms with E-state index >= 15 is 0 Å². The van der Waals surface area contributed by atoms with E-state index in [4.69, 9.17) is 5.11 Å². The minimum atomic E-state index is -3.30. The molecule has 0 amide bonds. The predicted octanol–water partition coefficient (Wildman–Crippen LogP) is 3.69. The molecule has 22 heavy (non-hydrogen) atoms. The predicted molar refractivity (Wildman–Crippen MR) is 90.5 cm³/mol. The molecule has 0 heterocycles. The van der Waals surface area contributed by atoms with Gasteiger partial charge in [0.05, 0.1) is 12.2 Å². The Morgan fingerprint density at radius 2 is 1.32 bits per heavy atom. The van der Waals surface area contributed by atoms with Crippen molar-refractivity contribution in [3.63, 3.8) is 0 Å². The van der Waals surface area contributed by atoms with Gasteiger partial charge in [-0.2, -0.15) is 0 Å². The zero-order chi connectivity index (χ0) is 16.7. The molecule has 0 bridgehead atoms. The third kappa shape index (κ3) is 15.8. The average Bonchev–Trinajstić information content (AvgIpc) is 2.44. The van der Waals surface area contributed by atoms with Crippen LogP contribution < -0.4 is 4.72 Å². The summed E-state index contributed by atoms with van der Waals surface area (Å²) in [6, 6.07) is 0. The molecule has 0 aromatic heterocycles. The molecule has 0 aliphatic rings. The van der Waals surface area contributed by atoms with Crippen molar-refractivity contribution in [2.45, 2.75) is 84.0 Å². The van der Waals surface area contributed by atoms with Crippen LogP contribution in [0.2, 0.25) is 0 Å². The van der Waals surface area contributed by atoms with E-state index in [1.54, 1.807) is 0 Å². The van der Waals surface area contributed by atoms with Gasteiger partial charge in [-0.05, 0) is 6.42 Å². The second-order valence-electron chi connectivity index (χ2n) is 5.89. The van der Waals surface area contributed by atoms with Crippen molar-refractivity contribution in [1.82, 2.24) is 4.72 Å². The molecule has 0 rings (SSSR count). The molecule has 132 valence electrons. The maximum Gasteiger partial charge on any atom is 0.304 e. The molecule has 0 spiro atoms. The van der Waals surface area contributed by atoms with Crippen LogP contribution in [0.1, 0.15) is 84.0 Å². The minimum Gasteiger partial charge on any atom is -0.481 e. The lowest BCUT2D eigenvalue weighted by molar-refractivity contribution is -0.136. The highest BCUT2D eigenvalue weighted by atomic mass is 32.2. The lowest BCUT2D eigenvalue weighted by Gasteiger charge is -2.05. The van der Waals surface area contributed by atoms with Crippen LogP contribution in [0.4, 0.5) is 0 Å². The molecule has 5 nitrogen and oxygen atoms in total. The zero-order valence-electron chi connectivity index (χ0n) is 14.0. The number of unbranched alkanes of at least 4 members (excludes halogenated alkanes) is 10. The minimum absolute atomic E-state index is 0.0182. The second-order valence-corrected chi connectivity index (χ2v) is 7.82. The van der Waals surface area contributed by atoms with Crippen LogP contribution in [0.5, 0.6) is 0 Å². The Morgan fingerprint density at radius 3 is 1.77 bits per heavy atom. The summed E-state index contributed by atoms with van der Waals surface area (Å²) in [5, 5.41) is 8.45. The topological polar surface area (TPSA) is 83.5 Å². The number of carbonyl (C=O) groups is 1. The smallest absolute Gasteiger partial charge is 0.304 e. The first kappa shape index (κ1) is 21.4. The van der Waals surface area contributed by atoms with E-state index in [0.29, 0.717) is 6.42 Å². The van der Waals surface area contributed by atoms with Gasteiger partial charge in [0, 0.05) is 6.54 Å². The highest BCUT2D eigenvalue weighted by molar-refractivity contribution is 7.89. The van der Waals surface area contributed by atoms with Gasteiger partial charge in [0.25, 0.3) is 0 Å². The van der Waals surface area contributed by atoms with Gasteiger partial charge in [0.15, 0.2) is 0 Å². The quantitative estimate of drug-likeness (QED) is 0.421. The maximum absolute atomic E-state index is 11.6. The Bertz CT molecular complexity index is 368. The fraction of sp³-hybridized carbons (Fsp3) is 0.938. The number of carboxylic acid groups (broad SMARTS) is 1. The normalized spacial score (nSPS) is 11.7.